The molecule has 0 aliphatic carbocycles. The van der Waals surface area contributed by atoms with E-state index in [1.807, 2.05) is 24.3 Å². The Morgan fingerprint density at radius 2 is 1.79 bits per heavy atom. The monoisotopic (exact) mass is 487 g/mol. The van der Waals surface area contributed by atoms with E-state index in [1.165, 1.54) is 29.2 Å². The molecule has 0 unspecified atom stereocenters. The van der Waals surface area contributed by atoms with Gasteiger partial charge in [-0.15, -0.1) is 0 Å². The van der Waals surface area contributed by atoms with Gasteiger partial charge in [-0.25, -0.2) is 4.39 Å². The molecule has 1 atom stereocenters. The fourth-order valence-electron chi connectivity index (χ4n) is 4.26. The predicted octanol–water partition coefficient (Wildman–Crippen LogP) is 1.96. The number of amides is 3. The molecular weight excluding hydrogens is 461 g/mol. The first-order chi connectivity index (χ1) is 16.4. The van der Waals surface area contributed by atoms with Crippen LogP contribution in [0.1, 0.15) is 6.42 Å². The first-order valence-electron chi connectivity index (χ1n) is 11.2. The van der Waals surface area contributed by atoms with Gasteiger partial charge in [0.05, 0.1) is 13.0 Å². The van der Waals surface area contributed by atoms with Gasteiger partial charge in [0.2, 0.25) is 17.7 Å². The molecule has 2 fully saturated rings. The molecule has 0 aromatic heterocycles. The van der Waals surface area contributed by atoms with Crippen LogP contribution >= 0.6 is 11.6 Å². The molecular formula is C24H27ClFN5O3. The van der Waals surface area contributed by atoms with E-state index in [9.17, 15) is 18.8 Å². The van der Waals surface area contributed by atoms with E-state index in [-0.39, 0.29) is 24.8 Å². The van der Waals surface area contributed by atoms with Crippen LogP contribution in [0.2, 0.25) is 5.02 Å². The second-order valence-electron chi connectivity index (χ2n) is 8.40. The molecule has 2 N–H and O–H groups in total. The van der Waals surface area contributed by atoms with Gasteiger partial charge >= 0.3 is 0 Å². The zero-order chi connectivity index (χ0) is 24.1. The molecule has 2 aromatic rings. The van der Waals surface area contributed by atoms with Crippen LogP contribution in [0, 0.1) is 5.82 Å². The molecule has 2 aromatic carbocycles. The quantitative estimate of drug-likeness (QED) is 0.650. The van der Waals surface area contributed by atoms with E-state index in [0.717, 1.165) is 18.8 Å². The molecule has 8 nitrogen and oxygen atoms in total. The maximum absolute atomic E-state index is 13.1. The van der Waals surface area contributed by atoms with Gasteiger partial charge in [0.1, 0.15) is 11.9 Å². The molecule has 0 radical (unpaired) electrons. The standard InChI is InChI=1S/C24H27ClFN5O3/c25-17-2-1-3-20(14-17)30-12-10-29(11-13-30)16-23(33)31-9-8-27-24(34)21(31)15-22(32)28-19-6-4-18(26)5-7-19/h1-7,14,21H,8-13,15-16H2,(H,27,34)(H,28,32)/t21-/m1/s1. The summed E-state index contributed by atoms with van der Waals surface area (Å²) in [5.41, 5.74) is 1.48. The number of hydrogen-bond donors (Lipinski definition) is 2. The number of benzene rings is 2. The summed E-state index contributed by atoms with van der Waals surface area (Å²) in [4.78, 5) is 43.9. The lowest BCUT2D eigenvalue weighted by Crippen LogP contribution is -2.60. The minimum absolute atomic E-state index is 0.169. The van der Waals surface area contributed by atoms with Crippen LogP contribution in [0.25, 0.3) is 0 Å². The second kappa shape index (κ2) is 10.8. The summed E-state index contributed by atoms with van der Waals surface area (Å²) in [6.45, 7) is 3.81. The minimum atomic E-state index is -0.880. The molecule has 2 aliphatic heterocycles. The maximum atomic E-state index is 13.1. The van der Waals surface area contributed by atoms with Crippen LogP contribution in [-0.2, 0) is 14.4 Å². The van der Waals surface area contributed by atoms with Crippen molar-refractivity contribution in [2.45, 2.75) is 12.5 Å². The predicted molar refractivity (Wildman–Crippen MR) is 128 cm³/mol. The van der Waals surface area contributed by atoms with Crippen molar-refractivity contribution in [2.24, 2.45) is 0 Å². The normalized spacial score (nSPS) is 19.0. The van der Waals surface area contributed by atoms with Gasteiger partial charge in [-0.1, -0.05) is 17.7 Å². The number of anilines is 2. The third kappa shape index (κ3) is 6.03. The van der Waals surface area contributed by atoms with Crippen molar-refractivity contribution >= 4 is 40.7 Å². The number of carbonyl (C=O) groups is 3. The van der Waals surface area contributed by atoms with E-state index in [2.05, 4.69) is 20.4 Å². The highest BCUT2D eigenvalue weighted by Crippen LogP contribution is 2.21. The molecule has 2 heterocycles. The van der Waals surface area contributed by atoms with Gasteiger partial charge in [-0.3, -0.25) is 19.3 Å². The number of nitrogens with zero attached hydrogens (tertiary/aromatic N) is 3. The van der Waals surface area contributed by atoms with Gasteiger partial charge in [0.15, 0.2) is 0 Å². The Morgan fingerprint density at radius 3 is 2.50 bits per heavy atom. The van der Waals surface area contributed by atoms with Gasteiger partial charge in [-0.05, 0) is 42.5 Å². The Morgan fingerprint density at radius 1 is 1.06 bits per heavy atom. The molecule has 4 rings (SSSR count). The van der Waals surface area contributed by atoms with E-state index in [1.54, 1.807) is 0 Å². The summed E-state index contributed by atoms with van der Waals surface area (Å²) in [5.74, 6) is -1.35. The van der Waals surface area contributed by atoms with E-state index in [4.69, 9.17) is 11.6 Å². The van der Waals surface area contributed by atoms with Crippen LogP contribution in [0.4, 0.5) is 15.8 Å². The Bertz CT molecular complexity index is 1040. The maximum Gasteiger partial charge on any atom is 0.243 e. The molecule has 10 heteroatoms. The van der Waals surface area contributed by atoms with Crippen molar-refractivity contribution in [3.05, 3.63) is 59.4 Å². The summed E-state index contributed by atoms with van der Waals surface area (Å²) in [5, 5.41) is 6.07. The van der Waals surface area contributed by atoms with E-state index < -0.39 is 17.8 Å². The van der Waals surface area contributed by atoms with Crippen LogP contribution in [-0.4, -0.2) is 79.4 Å². The fraction of sp³-hybridized carbons (Fsp3) is 0.375. The third-order valence-electron chi connectivity index (χ3n) is 6.06. The number of halogens is 2. The minimum Gasteiger partial charge on any atom is -0.369 e. The lowest BCUT2D eigenvalue weighted by atomic mass is 10.1. The average Bonchev–Trinajstić information content (AvgIpc) is 2.82. The SMILES string of the molecule is O=C(C[C@@H]1C(=O)NCCN1C(=O)CN1CCN(c2cccc(Cl)c2)CC1)Nc1ccc(F)cc1. The Balaban J connectivity index is 1.32. The second-order valence-corrected chi connectivity index (χ2v) is 8.83. The zero-order valence-corrected chi connectivity index (χ0v) is 19.4. The van der Waals surface area contributed by atoms with Crippen LogP contribution in [0.15, 0.2) is 48.5 Å². The highest BCUT2D eigenvalue weighted by Gasteiger charge is 2.35. The van der Waals surface area contributed by atoms with Gasteiger partial charge in [-0.2, -0.15) is 0 Å². The first kappa shape index (κ1) is 24.0. The summed E-state index contributed by atoms with van der Waals surface area (Å²) >= 11 is 6.10. The molecule has 180 valence electrons. The fourth-order valence-corrected chi connectivity index (χ4v) is 4.44. The molecule has 0 spiro atoms. The zero-order valence-electron chi connectivity index (χ0n) is 18.7. The molecule has 3 amide bonds. The van der Waals surface area contributed by atoms with Crippen molar-refractivity contribution < 1.29 is 18.8 Å². The van der Waals surface area contributed by atoms with Gasteiger partial charge in [0.25, 0.3) is 0 Å². The average molecular weight is 488 g/mol. The molecule has 34 heavy (non-hydrogen) atoms. The van der Waals surface area contributed by atoms with Gasteiger partial charge < -0.3 is 20.4 Å². The van der Waals surface area contributed by atoms with Crippen LogP contribution in [0.5, 0.6) is 0 Å². The van der Waals surface area contributed by atoms with Crippen molar-refractivity contribution in [3.8, 4) is 0 Å². The van der Waals surface area contributed by atoms with Crippen molar-refractivity contribution in [1.29, 1.82) is 0 Å². The topological polar surface area (TPSA) is 85.0 Å². The summed E-state index contributed by atoms with van der Waals surface area (Å²) in [6.07, 6.45) is -0.169. The van der Waals surface area contributed by atoms with E-state index in [0.29, 0.717) is 36.9 Å². The Labute approximate surface area is 202 Å². The number of piperazine rings is 2. The number of hydrogen-bond acceptors (Lipinski definition) is 5. The highest BCUT2D eigenvalue weighted by atomic mass is 35.5. The molecule has 2 aliphatic rings. The smallest absolute Gasteiger partial charge is 0.243 e. The molecule has 0 bridgehead atoms. The highest BCUT2D eigenvalue weighted by molar-refractivity contribution is 6.30. The lowest BCUT2D eigenvalue weighted by molar-refractivity contribution is -0.145. The summed E-state index contributed by atoms with van der Waals surface area (Å²) in [6, 6.07) is 12.2. The van der Waals surface area contributed by atoms with Crippen LogP contribution in [0.3, 0.4) is 0 Å². The van der Waals surface area contributed by atoms with Crippen molar-refractivity contribution in [1.82, 2.24) is 15.1 Å². The summed E-state index contributed by atoms with van der Waals surface area (Å²) < 4.78 is 13.1. The molecule has 2 saturated heterocycles. The third-order valence-corrected chi connectivity index (χ3v) is 6.30. The van der Waals surface area contributed by atoms with Crippen molar-refractivity contribution in [3.63, 3.8) is 0 Å². The molecule has 0 saturated carbocycles. The van der Waals surface area contributed by atoms with E-state index >= 15 is 0 Å². The largest absolute Gasteiger partial charge is 0.369 e. The Hall–Kier alpha value is -3.17. The summed E-state index contributed by atoms with van der Waals surface area (Å²) in [7, 11) is 0. The Kier molecular flexibility index (Phi) is 7.64. The van der Waals surface area contributed by atoms with Gasteiger partial charge in [0, 0.05) is 55.7 Å². The van der Waals surface area contributed by atoms with Crippen LogP contribution < -0.4 is 15.5 Å². The van der Waals surface area contributed by atoms with Crippen molar-refractivity contribution in [2.75, 3.05) is 56.0 Å². The number of nitrogens with one attached hydrogen (secondary N) is 2. The number of rotatable bonds is 6. The first-order valence-corrected chi connectivity index (χ1v) is 11.6. The number of carbonyl (C=O) groups excluding carboxylic acids is 3. The lowest BCUT2D eigenvalue weighted by Gasteiger charge is -2.39.